The van der Waals surface area contributed by atoms with Gasteiger partial charge in [-0.2, -0.15) is 0 Å². The number of nitrogens with zero attached hydrogens (tertiary/aromatic N) is 2. The van der Waals surface area contributed by atoms with Crippen molar-refractivity contribution < 1.29 is 4.74 Å². The summed E-state index contributed by atoms with van der Waals surface area (Å²) < 4.78 is 5.03. The molecule has 2 N–H and O–H groups in total. The number of hydrogen-bond acceptors (Lipinski definition) is 5. The molecule has 0 aliphatic carbocycles. The Morgan fingerprint density at radius 1 is 1.57 bits per heavy atom. The van der Waals surface area contributed by atoms with Crippen LogP contribution in [-0.2, 0) is 4.74 Å². The first-order valence-electron chi connectivity index (χ1n) is 4.38. The number of methoxy groups -OCH3 is 1. The van der Waals surface area contributed by atoms with E-state index in [0.717, 1.165) is 5.69 Å². The minimum atomic E-state index is 0.334. The summed E-state index contributed by atoms with van der Waals surface area (Å²) in [6.45, 7) is 4.65. The summed E-state index contributed by atoms with van der Waals surface area (Å²) in [5, 5.41) is 1.05. The normalized spacial score (nSPS) is 12.8. The number of nitrogen functional groups attached to an aromatic ring is 1. The summed E-state index contributed by atoms with van der Waals surface area (Å²) in [7, 11) is 1.68. The second-order valence-corrected chi connectivity index (χ2v) is 4.51. The van der Waals surface area contributed by atoms with E-state index >= 15 is 0 Å². The fourth-order valence-corrected chi connectivity index (χ4v) is 1.99. The Bertz CT molecular complexity index is 286. The molecule has 1 atom stereocenters. The third-order valence-electron chi connectivity index (χ3n) is 1.56. The van der Waals surface area contributed by atoms with Gasteiger partial charge in [0.15, 0.2) is 5.16 Å². The highest BCUT2D eigenvalue weighted by Gasteiger charge is 2.07. The first-order valence-corrected chi connectivity index (χ1v) is 5.26. The molecular formula is C9H15N3OS. The third kappa shape index (κ3) is 3.51. The van der Waals surface area contributed by atoms with Gasteiger partial charge in [-0.15, -0.1) is 0 Å². The Labute approximate surface area is 88.3 Å². The predicted molar refractivity (Wildman–Crippen MR) is 58.4 cm³/mol. The van der Waals surface area contributed by atoms with Gasteiger partial charge in [0.1, 0.15) is 5.82 Å². The van der Waals surface area contributed by atoms with Gasteiger partial charge in [0, 0.05) is 24.1 Å². The Morgan fingerprint density at radius 2 is 2.29 bits per heavy atom. The number of rotatable bonds is 4. The van der Waals surface area contributed by atoms with Gasteiger partial charge in [0.05, 0.1) is 6.61 Å². The molecule has 0 saturated heterocycles. The van der Waals surface area contributed by atoms with Crippen LogP contribution in [0.5, 0.6) is 0 Å². The molecule has 0 aliphatic rings. The molecule has 1 rings (SSSR count). The summed E-state index contributed by atoms with van der Waals surface area (Å²) in [5.41, 5.74) is 6.51. The number of aromatic nitrogens is 2. The van der Waals surface area contributed by atoms with Crippen molar-refractivity contribution in [3.8, 4) is 0 Å². The molecule has 78 valence electrons. The van der Waals surface area contributed by atoms with E-state index in [1.165, 1.54) is 0 Å². The molecule has 0 radical (unpaired) electrons. The van der Waals surface area contributed by atoms with Crippen molar-refractivity contribution in [2.24, 2.45) is 0 Å². The summed E-state index contributed by atoms with van der Waals surface area (Å²) in [6.07, 6.45) is 0. The van der Waals surface area contributed by atoms with Crippen LogP contribution in [0.4, 0.5) is 5.82 Å². The molecule has 14 heavy (non-hydrogen) atoms. The average Bonchev–Trinajstić information content (AvgIpc) is 2.01. The van der Waals surface area contributed by atoms with Gasteiger partial charge in [0.2, 0.25) is 0 Å². The van der Waals surface area contributed by atoms with E-state index in [-0.39, 0.29) is 0 Å². The van der Waals surface area contributed by atoms with Crippen molar-refractivity contribution >= 4 is 17.6 Å². The smallest absolute Gasteiger partial charge is 0.190 e. The second-order valence-electron chi connectivity index (χ2n) is 3.10. The predicted octanol–water partition coefficient (Wildman–Crippen LogP) is 1.49. The molecule has 4 nitrogen and oxygen atoms in total. The van der Waals surface area contributed by atoms with Gasteiger partial charge in [-0.05, 0) is 6.92 Å². The standard InChI is InChI=1S/C9H15N3OS/c1-6-4-8(10)12-9(11-6)14-7(2)5-13-3/h4,7H,5H2,1-3H3,(H2,10,11,12). The lowest BCUT2D eigenvalue weighted by Gasteiger charge is -2.08. The quantitative estimate of drug-likeness (QED) is 0.606. The highest BCUT2D eigenvalue weighted by Crippen LogP contribution is 2.20. The molecule has 5 heteroatoms. The van der Waals surface area contributed by atoms with Crippen molar-refractivity contribution in [3.63, 3.8) is 0 Å². The van der Waals surface area contributed by atoms with Crippen LogP contribution in [0.15, 0.2) is 11.2 Å². The first-order chi connectivity index (χ1) is 6.61. The van der Waals surface area contributed by atoms with E-state index in [9.17, 15) is 0 Å². The van der Waals surface area contributed by atoms with E-state index in [2.05, 4.69) is 16.9 Å². The summed E-state index contributed by atoms with van der Waals surface area (Å²) in [4.78, 5) is 8.40. The van der Waals surface area contributed by atoms with E-state index in [0.29, 0.717) is 22.8 Å². The van der Waals surface area contributed by atoms with Crippen LogP contribution in [0.1, 0.15) is 12.6 Å². The van der Waals surface area contributed by atoms with E-state index in [1.54, 1.807) is 24.9 Å². The molecule has 0 saturated carbocycles. The maximum atomic E-state index is 5.61. The maximum absolute atomic E-state index is 5.61. The van der Waals surface area contributed by atoms with E-state index < -0.39 is 0 Å². The summed E-state index contributed by atoms with van der Waals surface area (Å²) in [6, 6.07) is 1.76. The topological polar surface area (TPSA) is 61.0 Å². The molecule has 0 amide bonds. The van der Waals surface area contributed by atoms with Gasteiger partial charge in [-0.3, -0.25) is 0 Å². The van der Waals surface area contributed by atoms with E-state index in [4.69, 9.17) is 10.5 Å². The number of ether oxygens (including phenoxy) is 1. The van der Waals surface area contributed by atoms with Crippen LogP contribution >= 0.6 is 11.8 Å². The molecule has 0 fully saturated rings. The fraction of sp³-hybridized carbons (Fsp3) is 0.556. The van der Waals surface area contributed by atoms with Crippen LogP contribution in [0.3, 0.4) is 0 Å². The first kappa shape index (κ1) is 11.3. The molecule has 1 heterocycles. The third-order valence-corrected chi connectivity index (χ3v) is 2.49. The molecule has 0 aromatic carbocycles. The minimum Gasteiger partial charge on any atom is -0.384 e. The average molecular weight is 213 g/mol. The molecule has 1 aromatic heterocycles. The zero-order chi connectivity index (χ0) is 10.6. The fourth-order valence-electron chi connectivity index (χ4n) is 1.07. The largest absolute Gasteiger partial charge is 0.384 e. The van der Waals surface area contributed by atoms with Crippen molar-refractivity contribution in [1.29, 1.82) is 0 Å². The second kappa shape index (κ2) is 5.17. The van der Waals surface area contributed by atoms with E-state index in [1.807, 2.05) is 6.92 Å². The number of thioether (sulfide) groups is 1. The lowest BCUT2D eigenvalue weighted by Crippen LogP contribution is -2.07. The summed E-state index contributed by atoms with van der Waals surface area (Å²) in [5.74, 6) is 0.518. The van der Waals surface area contributed by atoms with Crippen LogP contribution in [0.2, 0.25) is 0 Å². The zero-order valence-electron chi connectivity index (χ0n) is 8.65. The molecule has 1 aromatic rings. The lowest BCUT2D eigenvalue weighted by atomic mass is 10.4. The van der Waals surface area contributed by atoms with Crippen molar-refractivity contribution in [1.82, 2.24) is 9.97 Å². The molecule has 1 unspecified atom stereocenters. The molecule has 0 bridgehead atoms. The summed E-state index contributed by atoms with van der Waals surface area (Å²) >= 11 is 1.57. The van der Waals surface area contributed by atoms with Gasteiger partial charge in [0.25, 0.3) is 0 Å². The lowest BCUT2D eigenvalue weighted by molar-refractivity contribution is 0.203. The molecule has 0 aliphatic heterocycles. The number of nitrogens with two attached hydrogens (primary N) is 1. The Morgan fingerprint density at radius 3 is 2.86 bits per heavy atom. The van der Waals surface area contributed by atoms with Gasteiger partial charge in [-0.1, -0.05) is 18.7 Å². The molecular weight excluding hydrogens is 198 g/mol. The number of hydrogen-bond donors (Lipinski definition) is 1. The van der Waals surface area contributed by atoms with Crippen LogP contribution in [0.25, 0.3) is 0 Å². The highest BCUT2D eigenvalue weighted by atomic mass is 32.2. The Kier molecular flexibility index (Phi) is 4.16. The van der Waals surface area contributed by atoms with Crippen molar-refractivity contribution in [2.45, 2.75) is 24.3 Å². The zero-order valence-corrected chi connectivity index (χ0v) is 9.47. The van der Waals surface area contributed by atoms with Crippen LogP contribution in [-0.4, -0.2) is 28.9 Å². The van der Waals surface area contributed by atoms with Crippen LogP contribution < -0.4 is 5.73 Å². The van der Waals surface area contributed by atoms with Gasteiger partial charge in [-0.25, -0.2) is 9.97 Å². The van der Waals surface area contributed by atoms with Crippen LogP contribution in [0, 0.1) is 6.92 Å². The van der Waals surface area contributed by atoms with Crippen molar-refractivity contribution in [3.05, 3.63) is 11.8 Å². The van der Waals surface area contributed by atoms with Crippen molar-refractivity contribution in [2.75, 3.05) is 19.5 Å². The maximum Gasteiger partial charge on any atom is 0.190 e. The number of aryl methyl sites for hydroxylation is 1. The highest BCUT2D eigenvalue weighted by molar-refractivity contribution is 7.99. The number of anilines is 1. The SMILES string of the molecule is COCC(C)Sc1nc(C)cc(N)n1. The minimum absolute atomic E-state index is 0.334. The van der Waals surface area contributed by atoms with Gasteiger partial charge >= 0.3 is 0 Å². The van der Waals surface area contributed by atoms with Gasteiger partial charge < -0.3 is 10.5 Å². The molecule has 0 spiro atoms. The Balaban J connectivity index is 2.66. The Hall–Kier alpha value is -0.810. The monoisotopic (exact) mass is 213 g/mol.